The van der Waals surface area contributed by atoms with E-state index in [9.17, 15) is 18.0 Å². The number of halogens is 3. The third-order valence-corrected chi connectivity index (χ3v) is 3.02. The molecular weight excluding hydrogens is 275 g/mol. The second-order valence-corrected chi connectivity index (χ2v) is 4.62. The fourth-order valence-corrected chi connectivity index (χ4v) is 2.07. The predicted molar refractivity (Wildman–Crippen MR) is 65.4 cm³/mol. The molecule has 5 nitrogen and oxygen atoms in total. The Morgan fingerprint density at radius 3 is 3.00 bits per heavy atom. The molecule has 0 fully saturated rings. The van der Waals surface area contributed by atoms with Crippen LogP contribution in [-0.2, 0) is 24.2 Å². The van der Waals surface area contributed by atoms with Crippen LogP contribution in [0.1, 0.15) is 17.7 Å². The summed E-state index contributed by atoms with van der Waals surface area (Å²) in [4.78, 5) is 16.3. The maximum absolute atomic E-state index is 12.1. The molecule has 0 unspecified atom stereocenters. The highest BCUT2D eigenvalue weighted by Gasteiger charge is 2.27. The molecule has 1 aliphatic heterocycles. The van der Waals surface area contributed by atoms with Gasteiger partial charge in [0.25, 0.3) is 5.56 Å². The maximum Gasteiger partial charge on any atom is 0.411 e. The van der Waals surface area contributed by atoms with Crippen LogP contribution in [0.4, 0.5) is 13.2 Å². The van der Waals surface area contributed by atoms with Gasteiger partial charge >= 0.3 is 6.18 Å². The van der Waals surface area contributed by atoms with Crippen molar-refractivity contribution in [2.75, 3.05) is 19.8 Å². The standard InChI is InChI=1S/C12H16F3N3O2/c13-12(14,15)7-20-5-1-4-18-8-17-10-6-16-3-2-9(10)11(18)19/h8,16H,1-7H2. The second kappa shape index (κ2) is 6.36. The van der Waals surface area contributed by atoms with Crippen LogP contribution in [0.5, 0.6) is 0 Å². The average Bonchev–Trinajstić information content (AvgIpc) is 2.40. The summed E-state index contributed by atoms with van der Waals surface area (Å²) in [6.45, 7) is 0.341. The van der Waals surface area contributed by atoms with E-state index in [1.165, 1.54) is 10.9 Å². The lowest BCUT2D eigenvalue weighted by atomic mass is 10.1. The van der Waals surface area contributed by atoms with Crippen molar-refractivity contribution in [2.24, 2.45) is 0 Å². The van der Waals surface area contributed by atoms with Crippen LogP contribution in [0, 0.1) is 0 Å². The van der Waals surface area contributed by atoms with Crippen LogP contribution < -0.4 is 10.9 Å². The molecule has 0 atom stereocenters. The first-order valence-electron chi connectivity index (χ1n) is 6.40. The van der Waals surface area contributed by atoms with Crippen molar-refractivity contribution in [2.45, 2.75) is 32.1 Å². The summed E-state index contributed by atoms with van der Waals surface area (Å²) in [5.74, 6) is 0. The van der Waals surface area contributed by atoms with Gasteiger partial charge in [0.15, 0.2) is 0 Å². The van der Waals surface area contributed by atoms with E-state index in [2.05, 4.69) is 15.0 Å². The zero-order chi connectivity index (χ0) is 14.6. The highest BCUT2D eigenvalue weighted by atomic mass is 19.4. The third-order valence-electron chi connectivity index (χ3n) is 3.02. The summed E-state index contributed by atoms with van der Waals surface area (Å²) in [5, 5.41) is 3.12. The first-order valence-corrected chi connectivity index (χ1v) is 6.40. The number of hydrogen-bond donors (Lipinski definition) is 1. The summed E-state index contributed by atoms with van der Waals surface area (Å²) in [6, 6.07) is 0. The number of nitrogens with one attached hydrogen (secondary N) is 1. The molecule has 1 aromatic heterocycles. The summed E-state index contributed by atoms with van der Waals surface area (Å²) >= 11 is 0. The zero-order valence-electron chi connectivity index (χ0n) is 10.9. The number of aryl methyl sites for hydroxylation is 1. The number of fused-ring (bicyclic) bond motifs is 1. The Bertz CT molecular complexity index is 514. The molecule has 2 rings (SSSR count). The van der Waals surface area contributed by atoms with Crippen molar-refractivity contribution in [3.05, 3.63) is 27.9 Å². The molecular formula is C12H16F3N3O2. The topological polar surface area (TPSA) is 56.2 Å². The fourth-order valence-electron chi connectivity index (χ4n) is 2.07. The Balaban J connectivity index is 1.86. The highest BCUT2D eigenvalue weighted by Crippen LogP contribution is 2.14. The molecule has 0 bridgehead atoms. The number of hydrogen-bond acceptors (Lipinski definition) is 4. The molecule has 0 spiro atoms. The van der Waals surface area contributed by atoms with Crippen molar-refractivity contribution in [1.29, 1.82) is 0 Å². The van der Waals surface area contributed by atoms with Crippen LogP contribution in [0.25, 0.3) is 0 Å². The van der Waals surface area contributed by atoms with Gasteiger partial charge in [0.05, 0.1) is 12.0 Å². The fraction of sp³-hybridized carbons (Fsp3) is 0.667. The van der Waals surface area contributed by atoms with Crippen LogP contribution >= 0.6 is 0 Å². The minimum Gasteiger partial charge on any atom is -0.372 e. The van der Waals surface area contributed by atoms with Gasteiger partial charge in [-0.05, 0) is 19.4 Å². The summed E-state index contributed by atoms with van der Waals surface area (Å²) in [5.41, 5.74) is 1.35. The van der Waals surface area contributed by atoms with E-state index in [0.717, 1.165) is 12.2 Å². The van der Waals surface area contributed by atoms with Crippen molar-refractivity contribution in [1.82, 2.24) is 14.9 Å². The molecule has 1 aliphatic rings. The Morgan fingerprint density at radius 1 is 1.45 bits per heavy atom. The zero-order valence-corrected chi connectivity index (χ0v) is 10.9. The minimum absolute atomic E-state index is 0.0371. The molecule has 1 N–H and O–H groups in total. The lowest BCUT2D eigenvalue weighted by Crippen LogP contribution is -2.34. The van der Waals surface area contributed by atoms with Gasteiger partial charge < -0.3 is 10.1 Å². The first-order chi connectivity index (χ1) is 9.47. The summed E-state index contributed by atoms with van der Waals surface area (Å²) in [7, 11) is 0. The van der Waals surface area contributed by atoms with Gasteiger partial charge in [-0.15, -0.1) is 0 Å². The van der Waals surface area contributed by atoms with Crippen molar-refractivity contribution in [3.8, 4) is 0 Å². The SMILES string of the molecule is O=c1c2c(ncn1CCCOCC(F)(F)F)CNCC2. The number of ether oxygens (including phenoxy) is 1. The molecule has 0 saturated heterocycles. The molecule has 0 saturated carbocycles. The Morgan fingerprint density at radius 2 is 2.25 bits per heavy atom. The third kappa shape index (κ3) is 4.04. The lowest BCUT2D eigenvalue weighted by Gasteiger charge is -2.16. The molecule has 2 heterocycles. The summed E-state index contributed by atoms with van der Waals surface area (Å²) < 4.78 is 41.5. The van der Waals surface area contributed by atoms with E-state index in [0.29, 0.717) is 31.5 Å². The van der Waals surface area contributed by atoms with Crippen LogP contribution in [0.3, 0.4) is 0 Å². The molecule has 0 aliphatic carbocycles. The van der Waals surface area contributed by atoms with Crippen molar-refractivity contribution < 1.29 is 17.9 Å². The van der Waals surface area contributed by atoms with E-state index in [-0.39, 0.29) is 12.2 Å². The lowest BCUT2D eigenvalue weighted by molar-refractivity contribution is -0.174. The van der Waals surface area contributed by atoms with Gasteiger partial charge in [-0.2, -0.15) is 13.2 Å². The number of nitrogens with zero attached hydrogens (tertiary/aromatic N) is 2. The molecule has 0 amide bonds. The second-order valence-electron chi connectivity index (χ2n) is 4.62. The van der Waals surface area contributed by atoms with Gasteiger partial charge in [0.1, 0.15) is 6.61 Å². The molecule has 0 radical (unpaired) electrons. The predicted octanol–water partition coefficient (Wildman–Crippen LogP) is 0.858. The van der Waals surface area contributed by atoms with E-state index < -0.39 is 12.8 Å². The largest absolute Gasteiger partial charge is 0.411 e. The van der Waals surface area contributed by atoms with E-state index in [4.69, 9.17) is 0 Å². The van der Waals surface area contributed by atoms with Gasteiger partial charge in [-0.25, -0.2) is 4.98 Å². The molecule has 0 aromatic carbocycles. The van der Waals surface area contributed by atoms with Crippen molar-refractivity contribution in [3.63, 3.8) is 0 Å². The Hall–Kier alpha value is -1.41. The monoisotopic (exact) mass is 291 g/mol. The number of alkyl halides is 3. The molecule has 20 heavy (non-hydrogen) atoms. The quantitative estimate of drug-likeness (QED) is 0.818. The molecule has 112 valence electrons. The Kier molecular flexibility index (Phi) is 4.77. The normalized spacial score (nSPS) is 15.2. The maximum atomic E-state index is 12.1. The van der Waals surface area contributed by atoms with Gasteiger partial charge in [-0.1, -0.05) is 0 Å². The van der Waals surface area contributed by atoms with E-state index in [1.807, 2.05) is 0 Å². The van der Waals surface area contributed by atoms with Crippen LogP contribution in [0.15, 0.2) is 11.1 Å². The van der Waals surface area contributed by atoms with Gasteiger partial charge in [0.2, 0.25) is 0 Å². The molecule has 8 heteroatoms. The highest BCUT2D eigenvalue weighted by molar-refractivity contribution is 5.19. The first kappa shape index (κ1) is 15.0. The number of rotatable bonds is 5. The molecule has 1 aromatic rings. The van der Waals surface area contributed by atoms with Gasteiger partial charge in [-0.3, -0.25) is 9.36 Å². The average molecular weight is 291 g/mol. The summed E-state index contributed by atoms with van der Waals surface area (Å²) in [6.07, 6.45) is -1.89. The van der Waals surface area contributed by atoms with Crippen LogP contribution in [0.2, 0.25) is 0 Å². The van der Waals surface area contributed by atoms with E-state index in [1.54, 1.807) is 0 Å². The van der Waals surface area contributed by atoms with E-state index >= 15 is 0 Å². The minimum atomic E-state index is -4.31. The Labute approximate surface area is 113 Å². The smallest absolute Gasteiger partial charge is 0.372 e. The van der Waals surface area contributed by atoms with Crippen LogP contribution in [-0.4, -0.2) is 35.5 Å². The van der Waals surface area contributed by atoms with Crippen molar-refractivity contribution >= 4 is 0 Å². The number of aromatic nitrogens is 2. The van der Waals surface area contributed by atoms with Gasteiger partial charge in [0, 0.05) is 25.3 Å².